The molecule has 0 fully saturated rings. The van der Waals surface area contributed by atoms with E-state index in [1.165, 1.54) is 0 Å². The van der Waals surface area contributed by atoms with Crippen LogP contribution in [0.15, 0.2) is 28.9 Å². The molecule has 0 atom stereocenters. The summed E-state index contributed by atoms with van der Waals surface area (Å²) in [4.78, 5) is 12.1. The zero-order valence-corrected chi connectivity index (χ0v) is 14.2. The summed E-state index contributed by atoms with van der Waals surface area (Å²) in [5, 5.41) is 14.7. The molecular weight excluding hydrogens is 330 g/mol. The molecule has 0 bridgehead atoms. The maximum atomic E-state index is 12.1. The molecule has 8 heteroatoms. The molecule has 0 saturated carbocycles. The molecule has 126 valence electrons. The zero-order valence-electron chi connectivity index (χ0n) is 13.5. The first-order chi connectivity index (χ1) is 11.6. The maximum absolute atomic E-state index is 12.1. The van der Waals surface area contributed by atoms with Gasteiger partial charge in [-0.05, 0) is 32.4 Å². The molecule has 3 aromatic rings. The number of H-pyrrole nitrogens is 1. The van der Waals surface area contributed by atoms with Crippen molar-refractivity contribution in [2.24, 2.45) is 0 Å². The molecule has 1 amide bonds. The lowest BCUT2D eigenvalue weighted by molar-refractivity contribution is 0.0947. The normalized spacial score (nSPS) is 11.0. The van der Waals surface area contributed by atoms with Crippen LogP contribution in [0.25, 0.3) is 11.5 Å². The van der Waals surface area contributed by atoms with Crippen molar-refractivity contribution < 1.29 is 9.21 Å². The van der Waals surface area contributed by atoms with E-state index in [2.05, 4.69) is 20.6 Å². The average Bonchev–Trinajstić information content (AvgIpc) is 3.29. The van der Waals surface area contributed by atoms with Gasteiger partial charge >= 0.3 is 0 Å². The predicted octanol–water partition coefficient (Wildman–Crippen LogP) is 2.96. The average molecular weight is 348 g/mol. The van der Waals surface area contributed by atoms with Crippen molar-refractivity contribution in [3.63, 3.8) is 0 Å². The van der Waals surface area contributed by atoms with Gasteiger partial charge in [0.2, 0.25) is 0 Å². The molecule has 3 rings (SSSR count). The highest BCUT2D eigenvalue weighted by molar-refractivity contribution is 6.31. The Labute approximate surface area is 144 Å². The molecule has 0 saturated heterocycles. The van der Waals surface area contributed by atoms with E-state index in [0.717, 1.165) is 17.8 Å². The Morgan fingerprint density at radius 3 is 2.96 bits per heavy atom. The third kappa shape index (κ3) is 3.35. The van der Waals surface area contributed by atoms with Crippen molar-refractivity contribution in [3.8, 4) is 11.5 Å². The van der Waals surface area contributed by atoms with Crippen LogP contribution in [0.2, 0.25) is 5.02 Å². The topological polar surface area (TPSA) is 88.7 Å². The number of nitrogens with zero attached hydrogens (tertiary/aromatic N) is 3. The highest BCUT2D eigenvalue weighted by Gasteiger charge is 2.13. The Bertz CT molecular complexity index is 835. The van der Waals surface area contributed by atoms with Gasteiger partial charge in [0, 0.05) is 19.2 Å². The number of rotatable bonds is 6. The third-order valence-electron chi connectivity index (χ3n) is 3.72. The van der Waals surface area contributed by atoms with Crippen molar-refractivity contribution in [2.45, 2.75) is 26.8 Å². The molecule has 0 aliphatic carbocycles. The second kappa shape index (κ2) is 6.92. The number of nitrogens with one attached hydrogen (secondary N) is 2. The summed E-state index contributed by atoms with van der Waals surface area (Å²) in [5.74, 6) is 0.415. The standard InChI is InChI=1S/C16H18ClN5O2/c1-10-15(17)11(2)22(21-10)7-4-6-18-16(23)13-9-12(19-20-13)14-5-3-8-24-14/h3,5,8-9H,4,6-7H2,1-2H3,(H,18,23)(H,19,20). The SMILES string of the molecule is Cc1nn(CCCNC(=O)c2cc(-c3ccco3)[nH]n2)c(C)c1Cl. The van der Waals surface area contributed by atoms with Gasteiger partial charge in [-0.25, -0.2) is 0 Å². The van der Waals surface area contributed by atoms with Crippen LogP contribution in [0.3, 0.4) is 0 Å². The van der Waals surface area contributed by atoms with Crippen LogP contribution in [-0.4, -0.2) is 32.4 Å². The van der Waals surface area contributed by atoms with Crippen LogP contribution >= 0.6 is 11.6 Å². The number of aromatic amines is 1. The molecule has 0 aliphatic heterocycles. The number of carbonyl (C=O) groups is 1. The molecule has 3 aromatic heterocycles. The number of furan rings is 1. The fourth-order valence-corrected chi connectivity index (χ4v) is 2.55. The van der Waals surface area contributed by atoms with Crippen LogP contribution in [0, 0.1) is 13.8 Å². The summed E-state index contributed by atoms with van der Waals surface area (Å²) >= 11 is 6.11. The first-order valence-electron chi connectivity index (χ1n) is 7.63. The lowest BCUT2D eigenvalue weighted by Crippen LogP contribution is -2.25. The van der Waals surface area contributed by atoms with Crippen LogP contribution < -0.4 is 5.32 Å². The summed E-state index contributed by atoms with van der Waals surface area (Å²) in [7, 11) is 0. The molecule has 0 unspecified atom stereocenters. The van der Waals surface area contributed by atoms with E-state index in [4.69, 9.17) is 16.0 Å². The van der Waals surface area contributed by atoms with Gasteiger partial charge in [-0.2, -0.15) is 10.2 Å². The minimum Gasteiger partial charge on any atom is -0.463 e. The highest BCUT2D eigenvalue weighted by atomic mass is 35.5. The van der Waals surface area contributed by atoms with E-state index in [-0.39, 0.29) is 5.91 Å². The minimum atomic E-state index is -0.226. The lowest BCUT2D eigenvalue weighted by Gasteiger charge is -2.05. The molecule has 0 aliphatic rings. The molecule has 2 N–H and O–H groups in total. The molecule has 24 heavy (non-hydrogen) atoms. The third-order valence-corrected chi connectivity index (χ3v) is 4.27. The van der Waals surface area contributed by atoms with Gasteiger partial charge in [-0.3, -0.25) is 14.6 Å². The zero-order chi connectivity index (χ0) is 17.1. The summed E-state index contributed by atoms with van der Waals surface area (Å²) in [6, 6.07) is 5.24. The maximum Gasteiger partial charge on any atom is 0.271 e. The fraction of sp³-hybridized carbons (Fsp3) is 0.312. The predicted molar refractivity (Wildman–Crippen MR) is 90.0 cm³/mol. The van der Waals surface area contributed by atoms with E-state index in [9.17, 15) is 4.79 Å². The Balaban J connectivity index is 1.50. The number of hydrogen-bond donors (Lipinski definition) is 2. The van der Waals surface area contributed by atoms with E-state index in [0.29, 0.717) is 35.3 Å². The Kier molecular flexibility index (Phi) is 4.71. The second-order valence-electron chi connectivity index (χ2n) is 5.46. The number of amides is 1. The second-order valence-corrected chi connectivity index (χ2v) is 5.84. The first-order valence-corrected chi connectivity index (χ1v) is 8.01. The van der Waals surface area contributed by atoms with Gasteiger partial charge in [-0.15, -0.1) is 0 Å². The number of aromatic nitrogens is 4. The number of carbonyl (C=O) groups excluding carboxylic acids is 1. The number of aryl methyl sites for hydroxylation is 2. The fourth-order valence-electron chi connectivity index (χ4n) is 2.41. The number of halogens is 1. The smallest absolute Gasteiger partial charge is 0.271 e. The van der Waals surface area contributed by atoms with Gasteiger partial charge in [0.25, 0.3) is 5.91 Å². The summed E-state index contributed by atoms with van der Waals surface area (Å²) in [6.07, 6.45) is 2.32. The van der Waals surface area contributed by atoms with Gasteiger partial charge < -0.3 is 9.73 Å². The van der Waals surface area contributed by atoms with E-state index in [1.54, 1.807) is 24.5 Å². The highest BCUT2D eigenvalue weighted by Crippen LogP contribution is 2.19. The summed E-state index contributed by atoms with van der Waals surface area (Å²) in [6.45, 7) is 5.03. The van der Waals surface area contributed by atoms with Gasteiger partial charge in [0.15, 0.2) is 11.5 Å². The van der Waals surface area contributed by atoms with Crippen LogP contribution in [0.4, 0.5) is 0 Å². The molecule has 0 radical (unpaired) electrons. The van der Waals surface area contributed by atoms with Crippen molar-refractivity contribution in [3.05, 3.63) is 46.6 Å². The largest absolute Gasteiger partial charge is 0.463 e. The quantitative estimate of drug-likeness (QED) is 0.671. The first kappa shape index (κ1) is 16.3. The lowest BCUT2D eigenvalue weighted by atomic mass is 10.3. The molecule has 7 nitrogen and oxygen atoms in total. The van der Waals surface area contributed by atoms with E-state index >= 15 is 0 Å². The molecule has 0 aromatic carbocycles. The Hall–Kier alpha value is -2.54. The van der Waals surface area contributed by atoms with Crippen LogP contribution in [0.5, 0.6) is 0 Å². The van der Waals surface area contributed by atoms with Crippen molar-refractivity contribution in [1.29, 1.82) is 0 Å². The molecular formula is C16H18ClN5O2. The summed E-state index contributed by atoms with van der Waals surface area (Å²) in [5.41, 5.74) is 2.76. The number of hydrogen-bond acceptors (Lipinski definition) is 4. The van der Waals surface area contributed by atoms with Crippen molar-refractivity contribution >= 4 is 17.5 Å². The Morgan fingerprint density at radius 1 is 1.46 bits per heavy atom. The summed E-state index contributed by atoms with van der Waals surface area (Å²) < 4.78 is 7.11. The Morgan fingerprint density at radius 2 is 2.29 bits per heavy atom. The molecule has 0 spiro atoms. The monoisotopic (exact) mass is 347 g/mol. The van der Waals surface area contributed by atoms with E-state index < -0.39 is 0 Å². The van der Waals surface area contributed by atoms with Gasteiger partial charge in [-0.1, -0.05) is 11.6 Å². The van der Waals surface area contributed by atoms with E-state index in [1.807, 2.05) is 18.5 Å². The van der Waals surface area contributed by atoms with Crippen LogP contribution in [-0.2, 0) is 6.54 Å². The van der Waals surface area contributed by atoms with Gasteiger partial charge in [0.1, 0.15) is 5.69 Å². The minimum absolute atomic E-state index is 0.226. The van der Waals surface area contributed by atoms with Crippen molar-refractivity contribution in [1.82, 2.24) is 25.3 Å². The molecule has 3 heterocycles. The van der Waals surface area contributed by atoms with Crippen molar-refractivity contribution in [2.75, 3.05) is 6.54 Å². The van der Waals surface area contributed by atoms with Crippen LogP contribution in [0.1, 0.15) is 28.3 Å². The van der Waals surface area contributed by atoms with Gasteiger partial charge in [0.05, 0.1) is 22.7 Å².